The van der Waals surface area contributed by atoms with Gasteiger partial charge in [0.2, 0.25) is 17.8 Å². The van der Waals surface area contributed by atoms with Crippen LogP contribution in [0.5, 0.6) is 0 Å². The van der Waals surface area contributed by atoms with E-state index in [1.165, 1.54) is 12.1 Å². The van der Waals surface area contributed by atoms with Gasteiger partial charge in [0.15, 0.2) is 0 Å². The van der Waals surface area contributed by atoms with Crippen LogP contribution in [0.3, 0.4) is 0 Å². The maximum absolute atomic E-state index is 11.6. The van der Waals surface area contributed by atoms with Gasteiger partial charge in [0.25, 0.3) is 20.2 Å². The minimum atomic E-state index is -4.56. The van der Waals surface area contributed by atoms with Crippen molar-refractivity contribution in [3.05, 3.63) is 99.0 Å². The van der Waals surface area contributed by atoms with E-state index in [1.807, 2.05) is 26.0 Å². The Morgan fingerprint density at radius 2 is 1.10 bits per heavy atom. The van der Waals surface area contributed by atoms with E-state index in [4.69, 9.17) is 23.2 Å². The summed E-state index contributed by atoms with van der Waals surface area (Å²) in [5, 5.41) is 26.1. The maximum Gasteiger partial charge on any atom is 0.296 e. The molecule has 52 heavy (non-hydrogen) atoms. The second-order valence-electron chi connectivity index (χ2n) is 11.3. The molecule has 4 aromatic carbocycles. The van der Waals surface area contributed by atoms with Gasteiger partial charge in [0.1, 0.15) is 10.8 Å². The van der Waals surface area contributed by atoms with Crippen molar-refractivity contribution in [3.8, 4) is 0 Å². The van der Waals surface area contributed by atoms with Crippen LogP contribution in [-0.2, 0) is 20.2 Å². The van der Waals surface area contributed by atoms with E-state index in [-0.39, 0.29) is 28.6 Å². The smallest absolute Gasteiger partial charge is 0.296 e. The lowest BCUT2D eigenvalue weighted by Crippen LogP contribution is -2.16. The molecule has 5 aromatic rings. The standard InChI is InChI=1S/C32H30Cl2N10O6S2/c1-17-13-27(43-41-22-7-5-21(33)6-8-22)19(3)11-25(17)36-31-38-30(35-16-51(45,46)47)39-32(40-31)37-26-12-20(4)28(14-18(26)2)44-42-23-9-10-24(34)29(15-23)52(48,49)50/h5-15H,16H2,1-4H3,(H,45,46,47)(H,48,49,50)(H3,35,36,37,38,39,40)/b43-41+,44-42+. The number of hydrogen-bond donors (Lipinski definition) is 5. The molecule has 0 amide bonds. The molecule has 1 aromatic heterocycles. The lowest BCUT2D eigenvalue weighted by molar-refractivity contribution is 0.481. The molecule has 5 rings (SSSR count). The highest BCUT2D eigenvalue weighted by Gasteiger charge is 2.16. The Balaban J connectivity index is 1.41. The van der Waals surface area contributed by atoms with E-state index >= 15 is 0 Å². The SMILES string of the molecule is Cc1cc(Nc2nc(NCS(=O)(=O)O)nc(Nc3cc(C)c(/N=N/c4ccc(Cl)c(S(=O)(=O)O)c4)cc3C)n2)c(C)cc1/N=N/c1ccc(Cl)cc1. The van der Waals surface area contributed by atoms with E-state index in [9.17, 15) is 25.9 Å². The Bertz CT molecular complexity index is 2450. The molecule has 0 saturated carbocycles. The third-order valence-corrected chi connectivity index (χ3v) is 9.29. The normalized spacial score (nSPS) is 12.1. The first-order valence-corrected chi connectivity index (χ1v) is 18.8. The van der Waals surface area contributed by atoms with Gasteiger partial charge in [-0.2, -0.15) is 52.2 Å². The number of nitrogens with one attached hydrogen (secondary N) is 3. The number of rotatable bonds is 12. The number of benzene rings is 4. The van der Waals surface area contributed by atoms with E-state index in [1.54, 1.807) is 50.2 Å². The summed E-state index contributed by atoms with van der Waals surface area (Å²) in [5.74, 6) is -0.903. The molecule has 0 aliphatic rings. The van der Waals surface area contributed by atoms with Crippen molar-refractivity contribution in [2.24, 2.45) is 20.5 Å². The molecule has 0 saturated heterocycles. The fourth-order valence-corrected chi connectivity index (χ4v) is 5.96. The molecule has 270 valence electrons. The van der Waals surface area contributed by atoms with E-state index in [0.717, 1.165) is 17.2 Å². The highest BCUT2D eigenvalue weighted by Crippen LogP contribution is 2.33. The largest absolute Gasteiger partial charge is 0.338 e. The van der Waals surface area contributed by atoms with E-state index in [2.05, 4.69) is 51.4 Å². The second kappa shape index (κ2) is 15.6. The van der Waals surface area contributed by atoms with Gasteiger partial charge in [-0.15, -0.1) is 0 Å². The van der Waals surface area contributed by atoms with Crippen molar-refractivity contribution in [2.45, 2.75) is 32.6 Å². The molecule has 5 N–H and O–H groups in total. The first-order chi connectivity index (χ1) is 24.4. The topological polar surface area (TPSA) is 233 Å². The number of nitrogens with zero attached hydrogens (tertiary/aromatic N) is 7. The van der Waals surface area contributed by atoms with E-state index < -0.39 is 31.0 Å². The lowest BCUT2D eigenvalue weighted by atomic mass is 10.1. The first-order valence-electron chi connectivity index (χ1n) is 15.0. The Morgan fingerprint density at radius 1 is 0.615 bits per heavy atom. The van der Waals surface area contributed by atoms with Crippen molar-refractivity contribution in [2.75, 3.05) is 21.8 Å². The van der Waals surface area contributed by atoms with Crippen LogP contribution in [0.15, 0.2) is 92.1 Å². The zero-order valence-corrected chi connectivity index (χ0v) is 30.9. The minimum absolute atomic E-state index is 0.0360. The van der Waals surface area contributed by atoms with Gasteiger partial charge in [-0.3, -0.25) is 9.11 Å². The summed E-state index contributed by atoms with van der Waals surface area (Å²) < 4.78 is 64.9. The average molecular weight is 786 g/mol. The fraction of sp³-hybridized carbons (Fsp3) is 0.156. The highest BCUT2D eigenvalue weighted by atomic mass is 35.5. The van der Waals surface area contributed by atoms with Gasteiger partial charge in [0.05, 0.1) is 27.8 Å². The first kappa shape index (κ1) is 38.1. The third-order valence-electron chi connectivity index (χ3n) is 7.19. The van der Waals surface area contributed by atoms with Crippen LogP contribution in [0.2, 0.25) is 10.0 Å². The molecule has 16 nitrogen and oxygen atoms in total. The van der Waals surface area contributed by atoms with Gasteiger partial charge < -0.3 is 16.0 Å². The predicted octanol–water partition coefficient (Wildman–Crippen LogP) is 9.23. The average Bonchev–Trinajstić information content (AvgIpc) is 3.06. The molecule has 0 radical (unpaired) electrons. The van der Waals surface area contributed by atoms with Crippen LogP contribution in [0.1, 0.15) is 22.3 Å². The monoisotopic (exact) mass is 784 g/mol. The Hall–Kier alpha value is -5.11. The van der Waals surface area contributed by atoms with Gasteiger partial charge in [-0.1, -0.05) is 23.2 Å². The lowest BCUT2D eigenvalue weighted by Gasteiger charge is -2.15. The van der Waals surface area contributed by atoms with E-state index in [0.29, 0.717) is 44.6 Å². The second-order valence-corrected chi connectivity index (χ2v) is 15.0. The summed E-state index contributed by atoms with van der Waals surface area (Å²) in [5.41, 5.74) is 6.00. The Labute approximate surface area is 309 Å². The van der Waals surface area contributed by atoms with Crippen molar-refractivity contribution in [1.29, 1.82) is 0 Å². The van der Waals surface area contributed by atoms with Gasteiger partial charge >= 0.3 is 0 Å². The van der Waals surface area contributed by atoms with Crippen molar-refractivity contribution in [3.63, 3.8) is 0 Å². The molecule has 0 unspecified atom stereocenters. The summed E-state index contributed by atoms with van der Waals surface area (Å²) in [6.07, 6.45) is 0. The summed E-state index contributed by atoms with van der Waals surface area (Å²) >= 11 is 11.8. The summed E-state index contributed by atoms with van der Waals surface area (Å²) in [4.78, 5) is 12.5. The number of azo groups is 2. The number of halogens is 2. The van der Waals surface area contributed by atoms with Crippen LogP contribution in [-0.4, -0.2) is 46.8 Å². The number of aromatic nitrogens is 3. The molecular formula is C32H30Cl2N10O6S2. The zero-order valence-electron chi connectivity index (χ0n) is 27.8. The Morgan fingerprint density at radius 3 is 1.60 bits per heavy atom. The van der Waals surface area contributed by atoms with Crippen LogP contribution in [0, 0.1) is 27.7 Å². The van der Waals surface area contributed by atoms with Crippen LogP contribution in [0.25, 0.3) is 0 Å². The van der Waals surface area contributed by atoms with Crippen LogP contribution < -0.4 is 16.0 Å². The summed E-state index contributed by atoms with van der Waals surface area (Å²) in [6.45, 7) is 7.27. The van der Waals surface area contributed by atoms with Crippen LogP contribution in [0.4, 0.5) is 52.0 Å². The fourth-order valence-electron chi connectivity index (χ4n) is 4.53. The summed E-state index contributed by atoms with van der Waals surface area (Å²) in [6, 6.07) is 17.9. The van der Waals surface area contributed by atoms with Gasteiger partial charge in [-0.25, -0.2) is 0 Å². The molecular weight excluding hydrogens is 755 g/mol. The molecule has 0 fully saturated rings. The van der Waals surface area contributed by atoms with Gasteiger partial charge in [-0.05, 0) is 117 Å². The molecule has 20 heteroatoms. The number of aryl methyl sites for hydroxylation is 4. The van der Waals surface area contributed by atoms with Crippen molar-refractivity contribution >= 4 is 95.4 Å². The third kappa shape index (κ3) is 10.2. The minimum Gasteiger partial charge on any atom is -0.338 e. The van der Waals surface area contributed by atoms with Crippen molar-refractivity contribution < 1.29 is 25.9 Å². The maximum atomic E-state index is 11.6. The molecule has 0 bridgehead atoms. The quantitative estimate of drug-likeness (QED) is 0.0588. The number of anilines is 5. The predicted molar refractivity (Wildman–Crippen MR) is 199 cm³/mol. The molecule has 0 spiro atoms. The Kier molecular flexibility index (Phi) is 11.5. The number of hydrogen-bond acceptors (Lipinski definition) is 14. The molecule has 0 aliphatic heterocycles. The van der Waals surface area contributed by atoms with Crippen molar-refractivity contribution in [1.82, 2.24) is 15.0 Å². The van der Waals surface area contributed by atoms with Crippen LogP contribution >= 0.6 is 23.2 Å². The molecule has 0 atom stereocenters. The summed E-state index contributed by atoms with van der Waals surface area (Å²) in [7, 11) is -8.97. The highest BCUT2D eigenvalue weighted by molar-refractivity contribution is 7.86. The molecule has 1 heterocycles. The van der Waals surface area contributed by atoms with Gasteiger partial charge in [0, 0.05) is 16.4 Å². The zero-order chi connectivity index (χ0) is 37.8. The molecule has 0 aliphatic carbocycles.